The summed E-state index contributed by atoms with van der Waals surface area (Å²) in [5.41, 5.74) is 6.33. The zero-order valence-corrected chi connectivity index (χ0v) is 20.6. The molecule has 1 aliphatic carbocycles. The molecule has 0 radical (unpaired) electrons. The maximum absolute atomic E-state index is 13.7. The van der Waals surface area contributed by atoms with Crippen molar-refractivity contribution >= 4 is 40.3 Å². The Morgan fingerprint density at radius 2 is 2.03 bits per heavy atom. The number of ether oxygens (including phenoxy) is 1. The molecular formula is C26H31N5O6. The third kappa shape index (κ3) is 4.54. The van der Waals surface area contributed by atoms with Crippen LogP contribution in [0.2, 0.25) is 0 Å². The number of hydrogen-bond acceptors (Lipinski definition) is 6. The lowest BCUT2D eigenvalue weighted by Crippen LogP contribution is -2.55. The molecule has 196 valence electrons. The van der Waals surface area contributed by atoms with Crippen LogP contribution in [-0.2, 0) is 19.2 Å². The quantitative estimate of drug-likeness (QED) is 0.378. The monoisotopic (exact) mass is 509 g/mol. The molecule has 2 aliphatic heterocycles. The molecule has 2 saturated heterocycles. The minimum Gasteiger partial charge on any atom is -0.496 e. The van der Waals surface area contributed by atoms with Crippen LogP contribution in [0.15, 0.2) is 24.3 Å². The number of nitrogens with zero attached hydrogens (tertiary/aromatic N) is 1. The van der Waals surface area contributed by atoms with Crippen LogP contribution in [0.5, 0.6) is 5.75 Å². The number of nitrogens with one attached hydrogen (secondary N) is 3. The molecule has 11 heteroatoms. The Hall–Kier alpha value is -3.89. The van der Waals surface area contributed by atoms with Crippen molar-refractivity contribution in [3.63, 3.8) is 0 Å². The van der Waals surface area contributed by atoms with Gasteiger partial charge in [-0.05, 0) is 55.7 Å². The Balaban J connectivity index is 1.41. The molecule has 3 aliphatic rings. The van der Waals surface area contributed by atoms with Gasteiger partial charge in [-0.15, -0.1) is 0 Å². The Morgan fingerprint density at radius 1 is 1.22 bits per heavy atom. The number of Topliss-reactive ketones (excluding diaryl/α,β-unsaturated/α-hetero) is 1. The van der Waals surface area contributed by atoms with Gasteiger partial charge in [-0.2, -0.15) is 0 Å². The number of nitrogens with two attached hydrogens (primary N) is 1. The molecule has 5 N–H and O–H groups in total. The number of H-pyrrole nitrogens is 1. The Labute approximate surface area is 213 Å². The van der Waals surface area contributed by atoms with Gasteiger partial charge in [-0.1, -0.05) is 12.5 Å². The van der Waals surface area contributed by atoms with Crippen molar-refractivity contribution in [3.05, 3.63) is 30.0 Å². The third-order valence-corrected chi connectivity index (χ3v) is 8.05. The van der Waals surface area contributed by atoms with Crippen molar-refractivity contribution in [2.24, 2.45) is 23.5 Å². The van der Waals surface area contributed by atoms with Crippen molar-refractivity contribution in [1.29, 1.82) is 0 Å². The first kappa shape index (κ1) is 24.8. The second-order valence-corrected chi connectivity index (χ2v) is 10.2. The standard InChI is InChI=1S/C26H31N5O6/c1-37-20-7-3-6-17-16(20)11-19(29-17)26(36)31-12-14-4-2-5-15(14)21(31)25(35)30-18(22(32)23(27)33)10-13-8-9-28-24(13)34/h3,6-7,11,13-15,18,21,29H,2,4-5,8-10,12H2,1H3,(H2,27,33)(H,28,34)(H,30,35)/t13-,14-,15-,18?,21-/m0/s1. The van der Waals surface area contributed by atoms with Gasteiger partial charge in [0.1, 0.15) is 17.5 Å². The number of carbonyl (C=O) groups is 5. The Bertz CT molecular complexity index is 1270. The van der Waals surface area contributed by atoms with E-state index >= 15 is 0 Å². The number of aromatic nitrogens is 1. The first-order valence-corrected chi connectivity index (χ1v) is 12.7. The number of methoxy groups -OCH3 is 1. The highest BCUT2D eigenvalue weighted by Gasteiger charge is 2.50. The van der Waals surface area contributed by atoms with E-state index in [1.54, 1.807) is 24.1 Å². The average Bonchev–Trinajstić information content (AvgIpc) is 3.66. The summed E-state index contributed by atoms with van der Waals surface area (Å²) in [7, 11) is 1.56. The van der Waals surface area contributed by atoms with E-state index in [4.69, 9.17) is 10.5 Å². The van der Waals surface area contributed by atoms with Gasteiger partial charge < -0.3 is 31.0 Å². The summed E-state index contributed by atoms with van der Waals surface area (Å²) in [4.78, 5) is 68.5. The van der Waals surface area contributed by atoms with Crippen LogP contribution in [0, 0.1) is 17.8 Å². The van der Waals surface area contributed by atoms with E-state index in [-0.39, 0.29) is 30.1 Å². The van der Waals surface area contributed by atoms with E-state index in [0.29, 0.717) is 31.0 Å². The molecule has 5 atom stereocenters. The number of likely N-dealkylation sites (tertiary alicyclic amines) is 1. The van der Waals surface area contributed by atoms with E-state index in [2.05, 4.69) is 15.6 Å². The molecule has 0 bridgehead atoms. The maximum atomic E-state index is 13.7. The predicted octanol–water partition coefficient (Wildman–Crippen LogP) is 0.483. The lowest BCUT2D eigenvalue weighted by Gasteiger charge is -2.29. The number of amides is 4. The fourth-order valence-electron chi connectivity index (χ4n) is 6.24. The molecule has 37 heavy (non-hydrogen) atoms. The summed E-state index contributed by atoms with van der Waals surface area (Å²) in [5.74, 6) is -2.93. The SMILES string of the molecule is COc1cccc2[nH]c(C(=O)N3C[C@@H]4CCC[C@@H]4[C@H]3C(=O)NC(C[C@@H]3CCNC3=O)C(=O)C(N)=O)cc12. The van der Waals surface area contributed by atoms with E-state index in [1.165, 1.54) is 0 Å². The first-order valence-electron chi connectivity index (χ1n) is 12.7. The maximum Gasteiger partial charge on any atom is 0.287 e. The van der Waals surface area contributed by atoms with E-state index in [9.17, 15) is 24.0 Å². The first-order chi connectivity index (χ1) is 17.8. The van der Waals surface area contributed by atoms with Gasteiger partial charge in [-0.25, -0.2) is 0 Å². The summed E-state index contributed by atoms with van der Waals surface area (Å²) in [6.07, 6.45) is 3.13. The second kappa shape index (κ2) is 9.87. The zero-order valence-electron chi connectivity index (χ0n) is 20.6. The topological polar surface area (TPSA) is 164 Å². The van der Waals surface area contributed by atoms with Gasteiger partial charge in [-0.3, -0.25) is 24.0 Å². The molecule has 2 aromatic rings. The number of fused-ring (bicyclic) bond motifs is 2. The highest BCUT2D eigenvalue weighted by Crippen LogP contribution is 2.43. The number of rotatable bonds is 8. The second-order valence-electron chi connectivity index (χ2n) is 10.2. The van der Waals surface area contributed by atoms with Gasteiger partial charge in [0.05, 0.1) is 13.2 Å². The van der Waals surface area contributed by atoms with Crippen LogP contribution in [0.4, 0.5) is 0 Å². The number of carbonyl (C=O) groups excluding carboxylic acids is 5. The molecule has 1 aromatic carbocycles. The largest absolute Gasteiger partial charge is 0.496 e. The zero-order chi connectivity index (χ0) is 26.3. The Kier molecular flexibility index (Phi) is 6.61. The van der Waals surface area contributed by atoms with Gasteiger partial charge in [0.25, 0.3) is 11.8 Å². The predicted molar refractivity (Wildman–Crippen MR) is 132 cm³/mol. The smallest absolute Gasteiger partial charge is 0.287 e. The molecule has 5 rings (SSSR count). The van der Waals surface area contributed by atoms with Gasteiger partial charge in [0, 0.05) is 29.9 Å². The highest BCUT2D eigenvalue weighted by molar-refractivity contribution is 6.38. The van der Waals surface area contributed by atoms with Crippen molar-refractivity contribution in [1.82, 2.24) is 20.5 Å². The van der Waals surface area contributed by atoms with Crippen molar-refractivity contribution < 1.29 is 28.7 Å². The normalized spacial score (nSPS) is 25.5. The number of hydrogen-bond donors (Lipinski definition) is 4. The molecule has 0 spiro atoms. The number of benzene rings is 1. The van der Waals surface area contributed by atoms with Crippen LogP contribution in [0.1, 0.15) is 42.6 Å². The third-order valence-electron chi connectivity index (χ3n) is 8.05. The summed E-state index contributed by atoms with van der Waals surface area (Å²) in [6, 6.07) is 5.17. The van der Waals surface area contributed by atoms with Crippen LogP contribution < -0.4 is 21.1 Å². The van der Waals surface area contributed by atoms with E-state index in [0.717, 1.165) is 30.2 Å². The van der Waals surface area contributed by atoms with Crippen molar-refractivity contribution in [3.8, 4) is 5.75 Å². The molecule has 3 heterocycles. The number of ketones is 1. The summed E-state index contributed by atoms with van der Waals surface area (Å²) < 4.78 is 5.41. The van der Waals surface area contributed by atoms with Crippen LogP contribution >= 0.6 is 0 Å². The van der Waals surface area contributed by atoms with Crippen molar-refractivity contribution in [2.45, 2.75) is 44.2 Å². The van der Waals surface area contributed by atoms with Gasteiger partial charge in [0.2, 0.25) is 17.6 Å². The van der Waals surface area contributed by atoms with Crippen LogP contribution in [0.3, 0.4) is 0 Å². The van der Waals surface area contributed by atoms with Crippen molar-refractivity contribution in [2.75, 3.05) is 20.2 Å². The molecule has 1 saturated carbocycles. The lowest BCUT2D eigenvalue weighted by atomic mass is 9.92. The van der Waals surface area contributed by atoms with Crippen LogP contribution in [-0.4, -0.2) is 71.6 Å². The van der Waals surface area contributed by atoms with Gasteiger partial charge in [0.15, 0.2) is 0 Å². The lowest BCUT2D eigenvalue weighted by molar-refractivity contribution is -0.139. The fourth-order valence-corrected chi connectivity index (χ4v) is 6.24. The molecule has 11 nitrogen and oxygen atoms in total. The fraction of sp³-hybridized carbons (Fsp3) is 0.500. The van der Waals surface area contributed by atoms with E-state index in [1.807, 2.05) is 12.1 Å². The molecular weight excluding hydrogens is 478 g/mol. The molecule has 3 fully saturated rings. The summed E-state index contributed by atoms with van der Waals surface area (Å²) in [6.45, 7) is 0.895. The summed E-state index contributed by atoms with van der Waals surface area (Å²) in [5, 5.41) is 6.14. The molecule has 1 unspecified atom stereocenters. The van der Waals surface area contributed by atoms with Crippen LogP contribution in [0.25, 0.3) is 10.9 Å². The number of primary amides is 1. The minimum atomic E-state index is -1.23. The average molecular weight is 510 g/mol. The number of aromatic amines is 1. The molecule has 1 aromatic heterocycles. The summed E-state index contributed by atoms with van der Waals surface area (Å²) >= 11 is 0. The van der Waals surface area contributed by atoms with Gasteiger partial charge >= 0.3 is 0 Å². The Morgan fingerprint density at radius 3 is 2.73 bits per heavy atom. The van der Waals surface area contributed by atoms with E-state index < -0.39 is 35.6 Å². The minimum absolute atomic E-state index is 0.0179. The highest BCUT2D eigenvalue weighted by atomic mass is 16.5. The molecule has 4 amide bonds.